The summed E-state index contributed by atoms with van der Waals surface area (Å²) < 4.78 is 23.9. The van der Waals surface area contributed by atoms with Crippen LogP contribution in [0, 0.1) is 0 Å². The predicted molar refractivity (Wildman–Crippen MR) is 67.2 cm³/mol. The molecule has 1 heterocycles. The maximum Gasteiger partial charge on any atom is 0.190 e. The Morgan fingerprint density at radius 2 is 2.12 bits per heavy atom. The lowest BCUT2D eigenvalue weighted by Gasteiger charge is -2.09. The van der Waals surface area contributed by atoms with Crippen molar-refractivity contribution < 1.29 is 13.2 Å². The van der Waals surface area contributed by atoms with Crippen LogP contribution in [0.15, 0.2) is 12.1 Å². The summed E-state index contributed by atoms with van der Waals surface area (Å²) in [7, 11) is -3.33. The van der Waals surface area contributed by atoms with E-state index in [0.717, 1.165) is 11.3 Å². The normalized spacial score (nSPS) is 13.7. The monoisotopic (exact) mass is 280 g/mol. The second-order valence-corrected chi connectivity index (χ2v) is 7.63. The minimum atomic E-state index is -3.33. The molecule has 0 aromatic carbocycles. The molecule has 0 fully saturated rings. The lowest BCUT2D eigenvalue weighted by molar-refractivity contribution is 0.0995. The lowest BCUT2D eigenvalue weighted by atomic mass is 10.2. The molecule has 6 heteroatoms. The first-order chi connectivity index (χ1) is 7.38. The van der Waals surface area contributed by atoms with Crippen LogP contribution in [0.2, 0.25) is 4.34 Å². The largest absolute Gasteiger partial charge is 0.292 e. The van der Waals surface area contributed by atoms with E-state index in [0.29, 0.717) is 15.6 Å². The molecule has 1 aromatic heterocycles. The third-order valence-corrected chi connectivity index (χ3v) is 5.73. The number of hydrogen-bond donors (Lipinski definition) is 0. The number of Topliss-reactive ketones (excluding diaryl/α,β-unsaturated/α-hetero) is 1. The van der Waals surface area contributed by atoms with Gasteiger partial charge in [0.05, 0.1) is 15.0 Å². The fraction of sp³-hybridized carbons (Fsp3) is 0.500. The van der Waals surface area contributed by atoms with Crippen LogP contribution in [0.5, 0.6) is 0 Å². The number of carbonyl (C=O) groups is 1. The van der Waals surface area contributed by atoms with Gasteiger partial charge in [-0.05, 0) is 25.5 Å². The van der Waals surface area contributed by atoms with Crippen LogP contribution >= 0.6 is 22.9 Å². The van der Waals surface area contributed by atoms with Crippen LogP contribution in [0.25, 0.3) is 0 Å². The van der Waals surface area contributed by atoms with Gasteiger partial charge in [-0.15, -0.1) is 11.3 Å². The number of halogens is 1. The topological polar surface area (TPSA) is 51.2 Å². The number of thiophene rings is 1. The molecule has 3 nitrogen and oxygen atoms in total. The SMILES string of the molecule is CCCS(=O)(=O)C(C)C(=O)c1ccc(Cl)s1. The molecule has 0 N–H and O–H groups in total. The Hall–Kier alpha value is -0.390. The number of ketones is 1. The van der Waals surface area contributed by atoms with Gasteiger partial charge in [0.2, 0.25) is 0 Å². The van der Waals surface area contributed by atoms with Crippen LogP contribution in [-0.2, 0) is 9.84 Å². The second-order valence-electron chi connectivity index (χ2n) is 3.48. The van der Waals surface area contributed by atoms with Crippen molar-refractivity contribution >= 4 is 38.6 Å². The van der Waals surface area contributed by atoms with E-state index in [1.54, 1.807) is 19.1 Å². The van der Waals surface area contributed by atoms with E-state index in [9.17, 15) is 13.2 Å². The van der Waals surface area contributed by atoms with Gasteiger partial charge in [-0.3, -0.25) is 4.79 Å². The molecule has 1 rings (SSSR count). The highest BCUT2D eigenvalue weighted by molar-refractivity contribution is 7.92. The zero-order valence-corrected chi connectivity index (χ0v) is 11.5. The average molecular weight is 281 g/mol. The molecule has 16 heavy (non-hydrogen) atoms. The van der Waals surface area contributed by atoms with Crippen LogP contribution in [0.3, 0.4) is 0 Å². The third kappa shape index (κ3) is 3.06. The van der Waals surface area contributed by atoms with Crippen LogP contribution in [0.4, 0.5) is 0 Å². The Balaban J connectivity index is 2.91. The zero-order chi connectivity index (χ0) is 12.3. The van der Waals surface area contributed by atoms with Gasteiger partial charge >= 0.3 is 0 Å². The third-order valence-electron chi connectivity index (χ3n) is 2.21. The highest BCUT2D eigenvalue weighted by atomic mass is 35.5. The van der Waals surface area contributed by atoms with Gasteiger partial charge in [-0.1, -0.05) is 18.5 Å². The Kier molecular flexibility index (Phi) is 4.52. The Morgan fingerprint density at radius 1 is 1.50 bits per heavy atom. The molecule has 0 saturated carbocycles. The molecule has 0 spiro atoms. The fourth-order valence-corrected chi connectivity index (χ4v) is 3.79. The van der Waals surface area contributed by atoms with Crippen LogP contribution in [0.1, 0.15) is 29.9 Å². The van der Waals surface area contributed by atoms with Gasteiger partial charge in [0.25, 0.3) is 0 Å². The predicted octanol–water partition coefficient (Wildman–Crippen LogP) is 2.80. The van der Waals surface area contributed by atoms with Gasteiger partial charge in [-0.25, -0.2) is 8.42 Å². The van der Waals surface area contributed by atoms with Crippen molar-refractivity contribution in [1.82, 2.24) is 0 Å². The van der Waals surface area contributed by atoms with Crippen molar-refractivity contribution in [2.75, 3.05) is 5.75 Å². The van der Waals surface area contributed by atoms with E-state index in [-0.39, 0.29) is 11.5 Å². The molecule has 0 aliphatic heterocycles. The highest BCUT2D eigenvalue weighted by Gasteiger charge is 2.28. The molecule has 0 bridgehead atoms. The van der Waals surface area contributed by atoms with E-state index >= 15 is 0 Å². The van der Waals surface area contributed by atoms with Crippen molar-refractivity contribution in [3.63, 3.8) is 0 Å². The molecular weight excluding hydrogens is 268 g/mol. The quantitative estimate of drug-likeness (QED) is 0.779. The molecule has 0 saturated heterocycles. The minimum absolute atomic E-state index is 0.0407. The summed E-state index contributed by atoms with van der Waals surface area (Å²) in [6, 6.07) is 3.16. The summed E-state index contributed by atoms with van der Waals surface area (Å²) in [6.07, 6.45) is 0.519. The van der Waals surface area contributed by atoms with Crippen molar-refractivity contribution in [3.8, 4) is 0 Å². The first-order valence-corrected chi connectivity index (χ1v) is 7.80. The first kappa shape index (κ1) is 13.7. The molecule has 0 aliphatic carbocycles. The smallest absolute Gasteiger partial charge is 0.190 e. The van der Waals surface area contributed by atoms with Crippen LogP contribution < -0.4 is 0 Å². The average Bonchev–Trinajstić information content (AvgIpc) is 2.62. The lowest BCUT2D eigenvalue weighted by Crippen LogP contribution is -2.28. The van der Waals surface area contributed by atoms with E-state index in [2.05, 4.69) is 0 Å². The summed E-state index contributed by atoms with van der Waals surface area (Å²) in [6.45, 7) is 3.21. The summed E-state index contributed by atoms with van der Waals surface area (Å²) in [5, 5.41) is -0.984. The summed E-state index contributed by atoms with van der Waals surface area (Å²) in [5.41, 5.74) is 0. The fourth-order valence-electron chi connectivity index (χ4n) is 1.27. The van der Waals surface area contributed by atoms with Gasteiger partial charge in [0.1, 0.15) is 5.25 Å². The molecule has 0 aliphatic rings. The molecule has 1 unspecified atom stereocenters. The van der Waals surface area contributed by atoms with E-state index in [1.807, 2.05) is 0 Å². The first-order valence-electron chi connectivity index (χ1n) is 4.89. The maximum atomic E-state index is 11.9. The Bertz CT molecular complexity index is 476. The standard InChI is InChI=1S/C10H13ClO3S2/c1-3-6-16(13,14)7(2)10(12)8-4-5-9(11)15-8/h4-5,7H,3,6H2,1-2H3. The Labute approximate surface area is 104 Å². The van der Waals surface area contributed by atoms with Gasteiger partial charge < -0.3 is 0 Å². The van der Waals surface area contributed by atoms with Crippen molar-refractivity contribution in [2.45, 2.75) is 25.5 Å². The summed E-state index contributed by atoms with van der Waals surface area (Å²) in [5.74, 6) is -0.329. The number of carbonyl (C=O) groups excluding carboxylic acids is 1. The molecule has 90 valence electrons. The van der Waals surface area contributed by atoms with Gasteiger partial charge in [-0.2, -0.15) is 0 Å². The zero-order valence-electron chi connectivity index (χ0n) is 9.07. The molecule has 1 atom stereocenters. The molecule has 1 aromatic rings. The molecule has 0 amide bonds. The van der Waals surface area contributed by atoms with Crippen molar-refractivity contribution in [2.24, 2.45) is 0 Å². The highest BCUT2D eigenvalue weighted by Crippen LogP contribution is 2.24. The van der Waals surface area contributed by atoms with Crippen molar-refractivity contribution in [3.05, 3.63) is 21.3 Å². The molecular formula is C10H13ClO3S2. The van der Waals surface area contributed by atoms with E-state index < -0.39 is 15.1 Å². The van der Waals surface area contributed by atoms with Gasteiger partial charge in [0, 0.05) is 0 Å². The Morgan fingerprint density at radius 3 is 2.56 bits per heavy atom. The van der Waals surface area contributed by atoms with Gasteiger partial charge in [0.15, 0.2) is 15.6 Å². The number of sulfone groups is 1. The van der Waals surface area contributed by atoms with E-state index in [4.69, 9.17) is 11.6 Å². The summed E-state index contributed by atoms with van der Waals surface area (Å²) in [4.78, 5) is 12.3. The van der Waals surface area contributed by atoms with E-state index in [1.165, 1.54) is 6.92 Å². The summed E-state index contributed by atoms with van der Waals surface area (Å²) >= 11 is 6.81. The molecule has 0 radical (unpaired) electrons. The van der Waals surface area contributed by atoms with Crippen LogP contribution in [-0.4, -0.2) is 25.2 Å². The second kappa shape index (κ2) is 5.29. The van der Waals surface area contributed by atoms with Crippen molar-refractivity contribution in [1.29, 1.82) is 0 Å². The maximum absolute atomic E-state index is 11.9. The number of hydrogen-bond acceptors (Lipinski definition) is 4. The number of rotatable bonds is 5. The minimum Gasteiger partial charge on any atom is -0.292 e.